The minimum absolute atomic E-state index is 0.121. The van der Waals surface area contributed by atoms with Gasteiger partial charge in [-0.25, -0.2) is 4.39 Å². The Morgan fingerprint density at radius 1 is 1.50 bits per heavy atom. The van der Waals surface area contributed by atoms with Crippen LogP contribution in [0.4, 0.5) is 4.39 Å². The summed E-state index contributed by atoms with van der Waals surface area (Å²) in [6, 6.07) is 3.46. The van der Waals surface area contributed by atoms with E-state index in [2.05, 4.69) is 0 Å². The number of hydrogen-bond donors (Lipinski definition) is 1. The van der Waals surface area contributed by atoms with Crippen LogP contribution in [-0.2, 0) is 0 Å². The average molecular weight is 236 g/mol. The monoisotopic (exact) mass is 235 g/mol. The first kappa shape index (κ1) is 12.0. The summed E-state index contributed by atoms with van der Waals surface area (Å²) >= 11 is 7.04. The van der Waals surface area contributed by atoms with Crippen molar-refractivity contribution in [3.63, 3.8) is 0 Å². The molecule has 0 saturated carbocycles. The molecule has 4 heteroatoms. The molecule has 0 saturated heterocycles. The van der Waals surface area contributed by atoms with Gasteiger partial charge in [0.2, 0.25) is 0 Å². The van der Waals surface area contributed by atoms with Gasteiger partial charge in [-0.1, -0.05) is 25.4 Å². The van der Waals surface area contributed by atoms with Gasteiger partial charge in [0, 0.05) is 10.8 Å². The van der Waals surface area contributed by atoms with Crippen molar-refractivity contribution >= 4 is 22.9 Å². The molecule has 0 spiro atoms. The lowest BCUT2D eigenvalue weighted by atomic mass is 9.90. The van der Waals surface area contributed by atoms with Gasteiger partial charge >= 0.3 is 0 Å². The van der Waals surface area contributed by atoms with E-state index in [9.17, 15) is 4.39 Å². The van der Waals surface area contributed by atoms with Crippen LogP contribution in [0.15, 0.2) is 12.1 Å². The maximum atomic E-state index is 13.9. The molecule has 0 aliphatic heterocycles. The summed E-state index contributed by atoms with van der Waals surface area (Å²) in [6.45, 7) is 4.34. The first-order chi connectivity index (χ1) is 6.56. The molecule has 2 unspecified atom stereocenters. The van der Waals surface area contributed by atoms with Crippen LogP contribution in [0.1, 0.15) is 24.9 Å². The van der Waals surface area contributed by atoms with Crippen LogP contribution in [0.25, 0.3) is 0 Å². The molecule has 14 heavy (non-hydrogen) atoms. The molecule has 0 aliphatic rings. The van der Waals surface area contributed by atoms with Crippen molar-refractivity contribution in [3.8, 4) is 0 Å². The predicted octanol–water partition coefficient (Wildman–Crippen LogP) is 3.64. The van der Waals surface area contributed by atoms with E-state index in [1.165, 1.54) is 11.3 Å². The summed E-state index contributed by atoms with van der Waals surface area (Å²) in [5.74, 6) is 0.126. The smallest absolute Gasteiger partial charge is 0.139 e. The van der Waals surface area contributed by atoms with Gasteiger partial charge in [-0.15, -0.1) is 11.3 Å². The molecule has 0 aromatic carbocycles. The zero-order valence-electron chi connectivity index (χ0n) is 8.34. The third kappa shape index (κ3) is 2.69. The summed E-state index contributed by atoms with van der Waals surface area (Å²) in [6.07, 6.45) is -0.988. The fourth-order valence-corrected chi connectivity index (χ4v) is 2.53. The molecule has 0 radical (unpaired) electrons. The molecule has 2 atom stereocenters. The van der Waals surface area contributed by atoms with E-state index in [0.717, 1.165) is 0 Å². The molecule has 1 heterocycles. The van der Waals surface area contributed by atoms with Crippen LogP contribution in [0.2, 0.25) is 4.34 Å². The lowest BCUT2D eigenvalue weighted by Crippen LogP contribution is -2.24. The Labute approximate surface area is 93.1 Å². The minimum atomic E-state index is -0.988. The number of hydrogen-bond acceptors (Lipinski definition) is 2. The summed E-state index contributed by atoms with van der Waals surface area (Å²) in [4.78, 5) is 0.680. The van der Waals surface area contributed by atoms with Crippen LogP contribution in [0.5, 0.6) is 0 Å². The second-order valence-electron chi connectivity index (χ2n) is 3.69. The van der Waals surface area contributed by atoms with Gasteiger partial charge in [0.05, 0.1) is 4.34 Å². The Balaban J connectivity index is 2.77. The standard InChI is InChI=1S/C10H15ClFNS/c1-6(2)7(5-13)10(12)8-3-4-9(11)14-8/h3-4,6-7,10H,5,13H2,1-2H3. The van der Waals surface area contributed by atoms with Crippen molar-refractivity contribution < 1.29 is 4.39 Å². The Hall–Kier alpha value is -0.120. The highest BCUT2D eigenvalue weighted by Crippen LogP contribution is 2.36. The quantitative estimate of drug-likeness (QED) is 0.847. The van der Waals surface area contributed by atoms with Crippen LogP contribution >= 0.6 is 22.9 Å². The number of alkyl halides is 1. The van der Waals surface area contributed by atoms with Crippen molar-refractivity contribution in [2.24, 2.45) is 17.6 Å². The molecule has 0 fully saturated rings. The Morgan fingerprint density at radius 3 is 2.50 bits per heavy atom. The lowest BCUT2D eigenvalue weighted by Gasteiger charge is -2.21. The highest BCUT2D eigenvalue weighted by Gasteiger charge is 2.25. The minimum Gasteiger partial charge on any atom is -0.330 e. The summed E-state index contributed by atoms with van der Waals surface area (Å²) < 4.78 is 14.6. The van der Waals surface area contributed by atoms with E-state index >= 15 is 0 Å². The van der Waals surface area contributed by atoms with Gasteiger partial charge in [-0.2, -0.15) is 0 Å². The fourth-order valence-electron chi connectivity index (χ4n) is 1.42. The van der Waals surface area contributed by atoms with Gasteiger partial charge in [0.25, 0.3) is 0 Å². The third-order valence-electron chi connectivity index (χ3n) is 2.37. The van der Waals surface area contributed by atoms with Crippen LogP contribution < -0.4 is 5.73 Å². The van der Waals surface area contributed by atoms with E-state index in [1.807, 2.05) is 13.8 Å². The first-order valence-corrected chi connectivity index (χ1v) is 5.85. The highest BCUT2D eigenvalue weighted by atomic mass is 35.5. The lowest BCUT2D eigenvalue weighted by molar-refractivity contribution is 0.192. The molecule has 1 nitrogen and oxygen atoms in total. The van der Waals surface area contributed by atoms with Crippen molar-refractivity contribution in [2.75, 3.05) is 6.54 Å². The number of rotatable bonds is 4. The second-order valence-corrected chi connectivity index (χ2v) is 5.43. The molecule has 2 N–H and O–H groups in total. The van der Waals surface area contributed by atoms with Crippen molar-refractivity contribution in [1.82, 2.24) is 0 Å². The Kier molecular flexibility index (Phi) is 4.35. The first-order valence-electron chi connectivity index (χ1n) is 4.65. The molecule has 0 aliphatic carbocycles. The topological polar surface area (TPSA) is 26.0 Å². The predicted molar refractivity (Wildman–Crippen MR) is 60.6 cm³/mol. The van der Waals surface area contributed by atoms with Crippen LogP contribution in [0, 0.1) is 11.8 Å². The largest absolute Gasteiger partial charge is 0.330 e. The summed E-state index contributed by atoms with van der Waals surface area (Å²) in [5, 5.41) is 0. The van der Waals surface area contributed by atoms with E-state index in [4.69, 9.17) is 17.3 Å². The Morgan fingerprint density at radius 2 is 2.14 bits per heavy atom. The average Bonchev–Trinajstić information content (AvgIpc) is 2.52. The fraction of sp³-hybridized carbons (Fsp3) is 0.600. The molecular formula is C10H15ClFNS. The van der Waals surface area contributed by atoms with Gasteiger partial charge < -0.3 is 5.73 Å². The van der Waals surface area contributed by atoms with Crippen molar-refractivity contribution in [2.45, 2.75) is 20.0 Å². The number of halogens is 2. The molecule has 1 aromatic rings. The molecular weight excluding hydrogens is 221 g/mol. The van der Waals surface area contributed by atoms with Gasteiger partial charge in [0.1, 0.15) is 6.17 Å². The Bertz CT molecular complexity index is 287. The van der Waals surface area contributed by atoms with Gasteiger partial charge in [-0.3, -0.25) is 0 Å². The summed E-state index contributed by atoms with van der Waals surface area (Å²) in [5.41, 5.74) is 5.55. The zero-order valence-corrected chi connectivity index (χ0v) is 9.91. The van der Waals surface area contributed by atoms with Crippen LogP contribution in [0.3, 0.4) is 0 Å². The number of nitrogens with two attached hydrogens (primary N) is 1. The van der Waals surface area contributed by atoms with E-state index in [0.29, 0.717) is 15.8 Å². The number of thiophene rings is 1. The normalized spacial score (nSPS) is 15.9. The maximum absolute atomic E-state index is 13.9. The molecule has 80 valence electrons. The second kappa shape index (κ2) is 5.10. The molecule has 1 aromatic heterocycles. The van der Waals surface area contributed by atoms with Gasteiger partial charge in [-0.05, 0) is 24.6 Å². The van der Waals surface area contributed by atoms with Crippen molar-refractivity contribution in [3.05, 3.63) is 21.3 Å². The van der Waals surface area contributed by atoms with Crippen LogP contribution in [-0.4, -0.2) is 6.54 Å². The highest BCUT2D eigenvalue weighted by molar-refractivity contribution is 7.16. The van der Waals surface area contributed by atoms with E-state index < -0.39 is 6.17 Å². The van der Waals surface area contributed by atoms with Crippen molar-refractivity contribution in [1.29, 1.82) is 0 Å². The molecule has 0 bridgehead atoms. The third-order valence-corrected chi connectivity index (χ3v) is 3.66. The zero-order chi connectivity index (χ0) is 10.7. The maximum Gasteiger partial charge on any atom is 0.139 e. The summed E-state index contributed by atoms with van der Waals surface area (Å²) in [7, 11) is 0. The SMILES string of the molecule is CC(C)C(CN)C(F)c1ccc(Cl)s1. The molecule has 0 amide bonds. The van der Waals surface area contributed by atoms with E-state index in [-0.39, 0.29) is 11.8 Å². The van der Waals surface area contributed by atoms with E-state index in [1.54, 1.807) is 12.1 Å². The van der Waals surface area contributed by atoms with Gasteiger partial charge in [0.15, 0.2) is 0 Å². The molecule has 1 rings (SSSR count).